The standard InChI is InChI=1S/C26H37N3O5S/c1-6-24(26(31)27-7-2)28(19-21-13-15-23(34-4)16-14-21)25(30)12-9-17-29(35(5,32)33)22-11-8-10-20(3)18-22/h8,10-11,13-16,18,24H,6-7,9,12,17,19H2,1-5H3,(H,27,31)/t24-/m1/s1. The Kier molecular flexibility index (Phi) is 10.6. The van der Waals surface area contributed by atoms with Crippen LogP contribution in [0.4, 0.5) is 5.69 Å². The Labute approximate surface area is 209 Å². The van der Waals surface area contributed by atoms with Gasteiger partial charge in [-0.15, -0.1) is 0 Å². The quantitative estimate of drug-likeness (QED) is 0.451. The van der Waals surface area contributed by atoms with Crippen molar-refractivity contribution in [2.75, 3.05) is 30.8 Å². The number of nitrogens with one attached hydrogen (secondary N) is 1. The fourth-order valence-electron chi connectivity index (χ4n) is 3.93. The van der Waals surface area contributed by atoms with Crippen molar-refractivity contribution in [1.82, 2.24) is 10.2 Å². The number of carbonyl (C=O) groups excluding carboxylic acids is 2. The van der Waals surface area contributed by atoms with E-state index >= 15 is 0 Å². The molecule has 2 rings (SSSR count). The lowest BCUT2D eigenvalue weighted by molar-refractivity contribution is -0.141. The molecule has 1 N–H and O–H groups in total. The summed E-state index contributed by atoms with van der Waals surface area (Å²) in [6.45, 7) is 6.52. The predicted octanol–water partition coefficient (Wildman–Crippen LogP) is 3.49. The third-order valence-corrected chi connectivity index (χ3v) is 6.88. The molecule has 0 bridgehead atoms. The van der Waals surface area contributed by atoms with E-state index in [1.165, 1.54) is 4.31 Å². The van der Waals surface area contributed by atoms with Gasteiger partial charge in [0.15, 0.2) is 0 Å². The Bertz CT molecular complexity index is 1090. The topological polar surface area (TPSA) is 96.0 Å². The highest BCUT2D eigenvalue weighted by Gasteiger charge is 2.28. The molecule has 0 fully saturated rings. The number of ether oxygens (including phenoxy) is 1. The molecule has 0 radical (unpaired) electrons. The molecule has 192 valence electrons. The highest BCUT2D eigenvalue weighted by Crippen LogP contribution is 2.21. The lowest BCUT2D eigenvalue weighted by Crippen LogP contribution is -2.49. The molecule has 2 amide bonds. The predicted molar refractivity (Wildman–Crippen MR) is 139 cm³/mol. The summed E-state index contributed by atoms with van der Waals surface area (Å²) in [5.41, 5.74) is 2.40. The van der Waals surface area contributed by atoms with Gasteiger partial charge >= 0.3 is 0 Å². The smallest absolute Gasteiger partial charge is 0.242 e. The largest absolute Gasteiger partial charge is 0.497 e. The van der Waals surface area contributed by atoms with Crippen LogP contribution in [0.5, 0.6) is 5.75 Å². The van der Waals surface area contributed by atoms with Crippen molar-refractivity contribution >= 4 is 27.5 Å². The van der Waals surface area contributed by atoms with Gasteiger partial charge in [0.1, 0.15) is 11.8 Å². The van der Waals surface area contributed by atoms with E-state index in [9.17, 15) is 18.0 Å². The first-order valence-electron chi connectivity index (χ1n) is 11.8. The van der Waals surface area contributed by atoms with E-state index < -0.39 is 16.1 Å². The van der Waals surface area contributed by atoms with Gasteiger partial charge in [-0.25, -0.2) is 8.42 Å². The zero-order chi connectivity index (χ0) is 26.0. The molecule has 0 aliphatic rings. The SMILES string of the molecule is CCNC(=O)[C@@H](CC)N(Cc1ccc(OC)cc1)C(=O)CCCN(c1cccc(C)c1)S(C)(=O)=O. The average Bonchev–Trinajstić information content (AvgIpc) is 2.81. The Morgan fingerprint density at radius 1 is 1.09 bits per heavy atom. The van der Waals surface area contributed by atoms with Crippen LogP contribution in [0.3, 0.4) is 0 Å². The molecular formula is C26H37N3O5S. The van der Waals surface area contributed by atoms with E-state index in [-0.39, 0.29) is 31.3 Å². The summed E-state index contributed by atoms with van der Waals surface area (Å²) in [5.74, 6) is 0.311. The van der Waals surface area contributed by atoms with E-state index in [0.717, 1.165) is 17.4 Å². The summed E-state index contributed by atoms with van der Waals surface area (Å²) >= 11 is 0. The van der Waals surface area contributed by atoms with Crippen molar-refractivity contribution in [3.63, 3.8) is 0 Å². The molecular weight excluding hydrogens is 466 g/mol. The van der Waals surface area contributed by atoms with Crippen LogP contribution in [0.25, 0.3) is 0 Å². The summed E-state index contributed by atoms with van der Waals surface area (Å²) in [6.07, 6.45) is 2.07. The monoisotopic (exact) mass is 503 g/mol. The fourth-order valence-corrected chi connectivity index (χ4v) is 4.88. The van der Waals surface area contributed by atoms with Crippen molar-refractivity contribution in [1.29, 1.82) is 0 Å². The molecule has 0 saturated heterocycles. The summed E-state index contributed by atoms with van der Waals surface area (Å²) in [4.78, 5) is 27.7. The minimum absolute atomic E-state index is 0.115. The maximum atomic E-state index is 13.4. The van der Waals surface area contributed by atoms with Gasteiger partial charge in [-0.3, -0.25) is 13.9 Å². The summed E-state index contributed by atoms with van der Waals surface area (Å²) in [5, 5.41) is 2.82. The maximum Gasteiger partial charge on any atom is 0.242 e. The second kappa shape index (κ2) is 13.1. The Morgan fingerprint density at radius 3 is 2.31 bits per heavy atom. The second-order valence-electron chi connectivity index (χ2n) is 8.47. The van der Waals surface area contributed by atoms with Crippen LogP contribution >= 0.6 is 0 Å². The highest BCUT2D eigenvalue weighted by atomic mass is 32.2. The van der Waals surface area contributed by atoms with E-state index in [1.807, 2.05) is 57.2 Å². The van der Waals surface area contributed by atoms with Crippen LogP contribution in [0.2, 0.25) is 0 Å². The highest BCUT2D eigenvalue weighted by molar-refractivity contribution is 7.92. The van der Waals surface area contributed by atoms with Crippen LogP contribution in [-0.2, 0) is 26.2 Å². The Hall–Kier alpha value is -3.07. The third kappa shape index (κ3) is 8.28. The lowest BCUT2D eigenvalue weighted by Gasteiger charge is -2.31. The van der Waals surface area contributed by atoms with Crippen molar-refractivity contribution in [2.24, 2.45) is 0 Å². The number of nitrogens with zero attached hydrogens (tertiary/aromatic N) is 2. The number of sulfonamides is 1. The maximum absolute atomic E-state index is 13.4. The van der Waals surface area contributed by atoms with E-state index in [2.05, 4.69) is 5.32 Å². The molecule has 8 nitrogen and oxygen atoms in total. The van der Waals surface area contributed by atoms with E-state index in [0.29, 0.717) is 30.8 Å². The molecule has 1 atom stereocenters. The number of hydrogen-bond donors (Lipinski definition) is 1. The van der Waals surface area contributed by atoms with Crippen molar-refractivity contribution < 1.29 is 22.7 Å². The van der Waals surface area contributed by atoms with Gasteiger partial charge in [0, 0.05) is 26.1 Å². The van der Waals surface area contributed by atoms with E-state index in [1.54, 1.807) is 24.1 Å². The van der Waals surface area contributed by atoms with Gasteiger partial charge in [-0.2, -0.15) is 0 Å². The van der Waals surface area contributed by atoms with Gasteiger partial charge < -0.3 is 15.0 Å². The Morgan fingerprint density at radius 2 is 1.77 bits per heavy atom. The number of likely N-dealkylation sites (N-methyl/N-ethyl adjacent to an activating group) is 1. The number of anilines is 1. The van der Waals surface area contributed by atoms with Crippen LogP contribution in [0, 0.1) is 6.92 Å². The molecule has 0 saturated carbocycles. The first kappa shape index (κ1) is 28.2. The molecule has 35 heavy (non-hydrogen) atoms. The number of benzene rings is 2. The third-order valence-electron chi connectivity index (χ3n) is 5.69. The van der Waals surface area contributed by atoms with Gasteiger partial charge in [-0.1, -0.05) is 31.2 Å². The van der Waals surface area contributed by atoms with Crippen molar-refractivity contribution in [2.45, 2.75) is 52.6 Å². The molecule has 0 unspecified atom stereocenters. The second-order valence-corrected chi connectivity index (χ2v) is 10.4. The molecule has 0 aromatic heterocycles. The van der Waals surface area contributed by atoms with Gasteiger partial charge in [-0.05, 0) is 62.1 Å². The first-order chi connectivity index (χ1) is 16.6. The number of hydrogen-bond acceptors (Lipinski definition) is 5. The van der Waals surface area contributed by atoms with E-state index in [4.69, 9.17) is 4.74 Å². The van der Waals surface area contributed by atoms with Gasteiger partial charge in [0.25, 0.3) is 0 Å². The van der Waals surface area contributed by atoms with Crippen LogP contribution in [0.15, 0.2) is 48.5 Å². The fraction of sp³-hybridized carbons (Fsp3) is 0.462. The van der Waals surface area contributed by atoms with Crippen molar-refractivity contribution in [3.05, 3.63) is 59.7 Å². The molecule has 0 aliphatic carbocycles. The number of amides is 2. The molecule has 0 spiro atoms. The molecule has 2 aromatic rings. The first-order valence-corrected chi connectivity index (χ1v) is 13.7. The minimum Gasteiger partial charge on any atom is -0.497 e. The van der Waals surface area contributed by atoms with Crippen LogP contribution < -0.4 is 14.4 Å². The molecule has 0 heterocycles. The summed E-state index contributed by atoms with van der Waals surface area (Å²) in [7, 11) is -1.93. The number of rotatable bonds is 13. The molecule has 9 heteroatoms. The average molecular weight is 504 g/mol. The van der Waals surface area contributed by atoms with Crippen LogP contribution in [-0.4, -0.2) is 57.6 Å². The summed E-state index contributed by atoms with van der Waals surface area (Å²) < 4.78 is 31.4. The number of carbonyl (C=O) groups is 2. The normalized spacial score (nSPS) is 12.0. The zero-order valence-electron chi connectivity index (χ0n) is 21.3. The Balaban J connectivity index is 2.20. The molecule has 0 aliphatic heterocycles. The van der Waals surface area contributed by atoms with Gasteiger partial charge in [0.2, 0.25) is 21.8 Å². The minimum atomic E-state index is -3.52. The zero-order valence-corrected chi connectivity index (χ0v) is 22.1. The summed E-state index contributed by atoms with van der Waals surface area (Å²) in [6, 6.07) is 14.0. The van der Waals surface area contributed by atoms with Crippen molar-refractivity contribution in [3.8, 4) is 5.75 Å². The lowest BCUT2D eigenvalue weighted by atomic mass is 10.1. The molecule has 2 aromatic carbocycles. The van der Waals surface area contributed by atoms with Crippen LogP contribution in [0.1, 0.15) is 44.2 Å². The van der Waals surface area contributed by atoms with Gasteiger partial charge in [0.05, 0.1) is 19.1 Å². The number of aryl methyl sites for hydroxylation is 1. The number of methoxy groups -OCH3 is 1.